The SMILES string of the molecule is Cc1cc(CNc2ccc(I)cc2Cl)ccc1F. The average molecular weight is 376 g/mol. The summed E-state index contributed by atoms with van der Waals surface area (Å²) in [5, 5.41) is 3.94. The Hall–Kier alpha value is -0.810. The van der Waals surface area contributed by atoms with Gasteiger partial charge in [-0.2, -0.15) is 0 Å². The summed E-state index contributed by atoms with van der Waals surface area (Å²) in [5.74, 6) is -0.175. The van der Waals surface area contributed by atoms with Gasteiger partial charge >= 0.3 is 0 Å². The zero-order chi connectivity index (χ0) is 13.1. The van der Waals surface area contributed by atoms with E-state index in [9.17, 15) is 4.39 Å². The van der Waals surface area contributed by atoms with Crippen LogP contribution in [0.3, 0.4) is 0 Å². The molecule has 18 heavy (non-hydrogen) atoms. The van der Waals surface area contributed by atoms with E-state index in [0.29, 0.717) is 17.1 Å². The lowest BCUT2D eigenvalue weighted by Crippen LogP contribution is -2.00. The first-order valence-electron chi connectivity index (χ1n) is 5.50. The van der Waals surface area contributed by atoms with Gasteiger partial charge < -0.3 is 5.32 Å². The second-order valence-electron chi connectivity index (χ2n) is 4.06. The standard InChI is InChI=1S/C14H12ClFIN/c1-9-6-10(2-4-13(9)16)8-18-14-5-3-11(17)7-12(14)15/h2-7,18H,8H2,1H3. The molecule has 0 fully saturated rings. The van der Waals surface area contributed by atoms with E-state index in [4.69, 9.17) is 11.6 Å². The molecule has 1 N–H and O–H groups in total. The fourth-order valence-corrected chi connectivity index (χ4v) is 2.57. The van der Waals surface area contributed by atoms with Crippen molar-refractivity contribution in [2.45, 2.75) is 13.5 Å². The first-order chi connectivity index (χ1) is 8.56. The Kier molecular flexibility index (Phi) is 4.45. The normalized spacial score (nSPS) is 10.4. The van der Waals surface area contributed by atoms with Crippen molar-refractivity contribution < 1.29 is 4.39 Å². The summed E-state index contributed by atoms with van der Waals surface area (Å²) in [4.78, 5) is 0. The summed E-state index contributed by atoms with van der Waals surface area (Å²) in [6, 6.07) is 10.9. The first-order valence-corrected chi connectivity index (χ1v) is 6.96. The third-order valence-electron chi connectivity index (χ3n) is 2.64. The molecule has 0 aliphatic carbocycles. The number of benzene rings is 2. The smallest absolute Gasteiger partial charge is 0.126 e. The highest BCUT2D eigenvalue weighted by Crippen LogP contribution is 2.24. The van der Waals surface area contributed by atoms with Gasteiger partial charge in [-0.05, 0) is 64.9 Å². The molecule has 0 unspecified atom stereocenters. The van der Waals surface area contributed by atoms with Crippen LogP contribution < -0.4 is 5.32 Å². The lowest BCUT2D eigenvalue weighted by Gasteiger charge is -2.09. The van der Waals surface area contributed by atoms with Gasteiger partial charge in [0.15, 0.2) is 0 Å². The quantitative estimate of drug-likeness (QED) is 0.744. The zero-order valence-corrected chi connectivity index (χ0v) is 12.7. The van der Waals surface area contributed by atoms with Crippen LogP contribution in [0.25, 0.3) is 0 Å². The number of halogens is 3. The second-order valence-corrected chi connectivity index (χ2v) is 5.71. The number of aryl methyl sites for hydroxylation is 1. The minimum Gasteiger partial charge on any atom is -0.380 e. The maximum Gasteiger partial charge on any atom is 0.126 e. The second kappa shape index (κ2) is 5.89. The van der Waals surface area contributed by atoms with Gasteiger partial charge in [-0.3, -0.25) is 0 Å². The monoisotopic (exact) mass is 375 g/mol. The molecule has 0 saturated carbocycles. The van der Waals surface area contributed by atoms with E-state index in [0.717, 1.165) is 14.8 Å². The van der Waals surface area contributed by atoms with E-state index in [1.165, 1.54) is 6.07 Å². The van der Waals surface area contributed by atoms with Crippen LogP contribution in [0.5, 0.6) is 0 Å². The molecule has 2 rings (SSSR count). The van der Waals surface area contributed by atoms with Crippen molar-refractivity contribution in [3.8, 4) is 0 Å². The molecule has 0 radical (unpaired) electrons. The summed E-state index contributed by atoms with van der Waals surface area (Å²) in [6.07, 6.45) is 0. The van der Waals surface area contributed by atoms with Crippen molar-refractivity contribution in [1.29, 1.82) is 0 Å². The van der Waals surface area contributed by atoms with Gasteiger partial charge in [-0.1, -0.05) is 23.7 Å². The molecule has 4 heteroatoms. The number of rotatable bonds is 3. The topological polar surface area (TPSA) is 12.0 Å². The van der Waals surface area contributed by atoms with E-state index in [-0.39, 0.29) is 5.82 Å². The first kappa shape index (κ1) is 13.6. The predicted octanol–water partition coefficient (Wildman–Crippen LogP) is 5.00. The van der Waals surface area contributed by atoms with E-state index in [2.05, 4.69) is 27.9 Å². The number of anilines is 1. The molecule has 94 valence electrons. The maximum absolute atomic E-state index is 13.1. The van der Waals surface area contributed by atoms with Crippen LogP contribution in [-0.4, -0.2) is 0 Å². The van der Waals surface area contributed by atoms with E-state index in [1.54, 1.807) is 13.0 Å². The molecule has 2 aromatic carbocycles. The van der Waals surface area contributed by atoms with Crippen LogP contribution in [0, 0.1) is 16.3 Å². The van der Waals surface area contributed by atoms with Crippen LogP contribution in [0.2, 0.25) is 5.02 Å². The van der Waals surface area contributed by atoms with Crippen molar-refractivity contribution in [3.63, 3.8) is 0 Å². The van der Waals surface area contributed by atoms with Crippen molar-refractivity contribution in [2.75, 3.05) is 5.32 Å². The van der Waals surface area contributed by atoms with Gasteiger partial charge in [0.2, 0.25) is 0 Å². The van der Waals surface area contributed by atoms with Crippen molar-refractivity contribution in [3.05, 3.63) is 61.9 Å². The fourth-order valence-electron chi connectivity index (χ4n) is 1.65. The van der Waals surface area contributed by atoms with Gasteiger partial charge in [0.1, 0.15) is 5.82 Å². The molecule has 0 saturated heterocycles. The Morgan fingerprint density at radius 1 is 1.22 bits per heavy atom. The minimum absolute atomic E-state index is 0.175. The highest BCUT2D eigenvalue weighted by Gasteiger charge is 2.02. The third kappa shape index (κ3) is 3.36. The Labute approximate surface area is 124 Å². The Bertz CT molecular complexity index is 572. The molecule has 0 atom stereocenters. The summed E-state index contributed by atoms with van der Waals surface area (Å²) < 4.78 is 14.2. The van der Waals surface area contributed by atoms with Crippen molar-refractivity contribution in [2.24, 2.45) is 0 Å². The Morgan fingerprint density at radius 2 is 2.00 bits per heavy atom. The molecule has 0 heterocycles. The highest BCUT2D eigenvalue weighted by molar-refractivity contribution is 14.1. The molecule has 0 amide bonds. The number of hydrogen-bond donors (Lipinski definition) is 1. The summed E-state index contributed by atoms with van der Waals surface area (Å²) in [5.41, 5.74) is 2.57. The van der Waals surface area contributed by atoms with Gasteiger partial charge in [0, 0.05) is 10.1 Å². The van der Waals surface area contributed by atoms with Gasteiger partial charge in [0.05, 0.1) is 10.7 Å². The molecule has 0 aliphatic heterocycles. The molecule has 0 aromatic heterocycles. The maximum atomic E-state index is 13.1. The lowest BCUT2D eigenvalue weighted by molar-refractivity contribution is 0.617. The van der Waals surface area contributed by atoms with Gasteiger partial charge in [-0.25, -0.2) is 4.39 Å². The van der Waals surface area contributed by atoms with Gasteiger partial charge in [0.25, 0.3) is 0 Å². The predicted molar refractivity (Wildman–Crippen MR) is 82.6 cm³/mol. The van der Waals surface area contributed by atoms with Crippen molar-refractivity contribution in [1.82, 2.24) is 0 Å². The Balaban J connectivity index is 2.09. The zero-order valence-electron chi connectivity index (χ0n) is 9.81. The molecule has 1 nitrogen and oxygen atoms in total. The van der Waals surface area contributed by atoms with Crippen LogP contribution in [0.1, 0.15) is 11.1 Å². The number of hydrogen-bond acceptors (Lipinski definition) is 1. The largest absolute Gasteiger partial charge is 0.380 e. The summed E-state index contributed by atoms with van der Waals surface area (Å²) in [7, 11) is 0. The molecule has 0 spiro atoms. The molecule has 0 aliphatic rings. The van der Waals surface area contributed by atoms with E-state index >= 15 is 0 Å². The van der Waals surface area contributed by atoms with Crippen LogP contribution in [0.15, 0.2) is 36.4 Å². The highest BCUT2D eigenvalue weighted by atomic mass is 127. The number of nitrogens with one attached hydrogen (secondary N) is 1. The van der Waals surface area contributed by atoms with Gasteiger partial charge in [-0.15, -0.1) is 0 Å². The molecular formula is C14H12ClFIN. The lowest BCUT2D eigenvalue weighted by atomic mass is 10.1. The average Bonchev–Trinajstić information content (AvgIpc) is 2.32. The minimum atomic E-state index is -0.175. The van der Waals surface area contributed by atoms with Crippen LogP contribution >= 0.6 is 34.2 Å². The Morgan fingerprint density at radius 3 is 2.67 bits per heavy atom. The van der Waals surface area contributed by atoms with Crippen molar-refractivity contribution >= 4 is 39.9 Å². The van der Waals surface area contributed by atoms with E-state index in [1.807, 2.05) is 24.3 Å². The molecular weight excluding hydrogens is 364 g/mol. The summed E-state index contributed by atoms with van der Waals surface area (Å²) >= 11 is 8.34. The molecule has 2 aromatic rings. The van der Waals surface area contributed by atoms with Crippen LogP contribution in [0.4, 0.5) is 10.1 Å². The molecule has 0 bridgehead atoms. The fraction of sp³-hybridized carbons (Fsp3) is 0.143. The summed E-state index contributed by atoms with van der Waals surface area (Å²) in [6.45, 7) is 2.39. The van der Waals surface area contributed by atoms with E-state index < -0.39 is 0 Å². The van der Waals surface area contributed by atoms with Crippen LogP contribution in [-0.2, 0) is 6.54 Å². The third-order valence-corrected chi connectivity index (χ3v) is 3.62.